The van der Waals surface area contributed by atoms with Crippen LogP contribution in [-0.2, 0) is 26.2 Å². The third kappa shape index (κ3) is 7.69. The Kier molecular flexibility index (Phi) is 10.9. The molecule has 0 aromatic heterocycles. The van der Waals surface area contributed by atoms with E-state index in [-0.39, 0.29) is 29.0 Å². The Balaban J connectivity index is 2.08. The van der Waals surface area contributed by atoms with Crippen LogP contribution in [-0.4, -0.2) is 44.3 Å². The van der Waals surface area contributed by atoms with Crippen molar-refractivity contribution in [3.63, 3.8) is 0 Å². The van der Waals surface area contributed by atoms with Crippen molar-refractivity contribution in [2.24, 2.45) is 5.92 Å². The highest BCUT2D eigenvalue weighted by Gasteiger charge is 2.33. The molecule has 3 aromatic carbocycles. The molecule has 0 saturated heterocycles. The highest BCUT2D eigenvalue weighted by Crippen LogP contribution is 2.31. The number of nitrogens with one attached hydrogen (secondary N) is 1. The number of nitrogens with zero attached hydrogens (tertiary/aromatic N) is 2. The molecule has 7 nitrogen and oxygen atoms in total. The van der Waals surface area contributed by atoms with E-state index in [1.165, 1.54) is 23.1 Å². The molecular formula is C29H32Cl3N3O4S. The fourth-order valence-electron chi connectivity index (χ4n) is 3.97. The molecule has 40 heavy (non-hydrogen) atoms. The van der Waals surface area contributed by atoms with Crippen LogP contribution in [0.1, 0.15) is 31.9 Å². The second kappa shape index (κ2) is 13.7. The van der Waals surface area contributed by atoms with Crippen LogP contribution < -0.4 is 9.62 Å². The molecule has 0 aliphatic rings. The summed E-state index contributed by atoms with van der Waals surface area (Å²) in [4.78, 5) is 28.4. The van der Waals surface area contributed by atoms with E-state index in [4.69, 9.17) is 34.8 Å². The summed E-state index contributed by atoms with van der Waals surface area (Å²) in [7, 11) is -4.20. The molecule has 0 heterocycles. The zero-order chi connectivity index (χ0) is 29.6. The minimum Gasteiger partial charge on any atom is -0.354 e. The van der Waals surface area contributed by atoms with E-state index in [0.717, 1.165) is 4.31 Å². The van der Waals surface area contributed by atoms with E-state index >= 15 is 0 Å². The zero-order valence-corrected chi connectivity index (χ0v) is 25.8. The fourth-order valence-corrected chi connectivity index (χ4v) is 6.15. The maximum atomic E-state index is 14.0. The Morgan fingerprint density at radius 3 is 2.12 bits per heavy atom. The van der Waals surface area contributed by atoms with Crippen molar-refractivity contribution < 1.29 is 18.0 Å². The quantitative estimate of drug-likeness (QED) is 0.270. The lowest BCUT2D eigenvalue weighted by Gasteiger charge is -2.33. The predicted octanol–water partition coefficient (Wildman–Crippen LogP) is 6.34. The van der Waals surface area contributed by atoms with Crippen molar-refractivity contribution in [2.45, 2.75) is 45.2 Å². The number of sulfonamides is 1. The van der Waals surface area contributed by atoms with Gasteiger partial charge in [-0.25, -0.2) is 8.42 Å². The summed E-state index contributed by atoms with van der Waals surface area (Å²) < 4.78 is 28.8. The molecular weight excluding hydrogens is 593 g/mol. The maximum Gasteiger partial charge on any atom is 0.264 e. The van der Waals surface area contributed by atoms with Gasteiger partial charge in [0.25, 0.3) is 10.0 Å². The standard InChI is InChI=1S/C29H32Cl3N3O4S/c1-19(2)16-33-29(37)21(4)34(17-24-25(31)11-8-12-26(24)32)28(36)18-35(27-15-22(30)14-13-20(27)3)40(38,39)23-9-6-5-7-10-23/h5-15,19,21H,16-18H2,1-4H3,(H,33,37)/t21-/m1/s1. The van der Waals surface area contributed by atoms with Gasteiger partial charge in [0, 0.05) is 33.7 Å². The lowest BCUT2D eigenvalue weighted by atomic mass is 10.1. The topological polar surface area (TPSA) is 86.8 Å². The van der Waals surface area contributed by atoms with Crippen molar-refractivity contribution in [3.8, 4) is 0 Å². The Hall–Kier alpha value is -2.78. The van der Waals surface area contributed by atoms with Crippen molar-refractivity contribution >= 4 is 62.3 Å². The van der Waals surface area contributed by atoms with E-state index in [1.54, 1.807) is 62.4 Å². The highest BCUT2D eigenvalue weighted by molar-refractivity contribution is 7.92. The van der Waals surface area contributed by atoms with Crippen LogP contribution in [0.4, 0.5) is 5.69 Å². The third-order valence-electron chi connectivity index (χ3n) is 6.29. The molecule has 0 unspecified atom stereocenters. The molecule has 0 aliphatic heterocycles. The normalized spacial score (nSPS) is 12.2. The van der Waals surface area contributed by atoms with Crippen molar-refractivity contribution in [1.29, 1.82) is 0 Å². The molecule has 3 aromatic rings. The number of amides is 2. The van der Waals surface area contributed by atoms with Gasteiger partial charge in [-0.15, -0.1) is 0 Å². The first-order valence-electron chi connectivity index (χ1n) is 12.7. The van der Waals surface area contributed by atoms with E-state index < -0.39 is 28.5 Å². The van der Waals surface area contributed by atoms with E-state index in [0.29, 0.717) is 32.7 Å². The summed E-state index contributed by atoms with van der Waals surface area (Å²) in [5.74, 6) is -0.820. The Bertz CT molecular complexity index is 1450. The van der Waals surface area contributed by atoms with Crippen LogP contribution in [0.5, 0.6) is 0 Å². The molecule has 0 fully saturated rings. The van der Waals surface area contributed by atoms with Crippen LogP contribution in [0.15, 0.2) is 71.6 Å². The minimum atomic E-state index is -4.20. The first kappa shape index (κ1) is 31.7. The third-order valence-corrected chi connectivity index (χ3v) is 9.01. The number of halogens is 3. The molecule has 0 spiro atoms. The summed E-state index contributed by atoms with van der Waals surface area (Å²) >= 11 is 19.1. The van der Waals surface area contributed by atoms with Gasteiger partial charge in [0.05, 0.1) is 10.6 Å². The molecule has 214 valence electrons. The monoisotopic (exact) mass is 623 g/mol. The number of hydrogen-bond acceptors (Lipinski definition) is 4. The minimum absolute atomic E-state index is 0.00518. The molecule has 3 rings (SSSR count). The molecule has 1 atom stereocenters. The summed E-state index contributed by atoms with van der Waals surface area (Å²) in [5.41, 5.74) is 1.29. The van der Waals surface area contributed by atoms with Crippen molar-refractivity contribution in [3.05, 3.63) is 92.9 Å². The van der Waals surface area contributed by atoms with Crippen LogP contribution in [0.25, 0.3) is 0 Å². The van der Waals surface area contributed by atoms with Gasteiger partial charge in [-0.1, -0.05) is 79.0 Å². The Morgan fingerprint density at radius 1 is 0.900 bits per heavy atom. The molecule has 0 saturated carbocycles. The van der Waals surface area contributed by atoms with Gasteiger partial charge in [0.15, 0.2) is 0 Å². The largest absolute Gasteiger partial charge is 0.354 e. The van der Waals surface area contributed by atoms with Crippen LogP contribution in [0, 0.1) is 12.8 Å². The van der Waals surface area contributed by atoms with Gasteiger partial charge in [-0.2, -0.15) is 0 Å². The molecule has 0 bridgehead atoms. The molecule has 2 amide bonds. The molecule has 11 heteroatoms. The van der Waals surface area contributed by atoms with Gasteiger partial charge in [0.1, 0.15) is 12.6 Å². The van der Waals surface area contributed by atoms with Crippen LogP contribution >= 0.6 is 34.8 Å². The number of rotatable bonds is 11. The fraction of sp³-hybridized carbons (Fsp3) is 0.310. The van der Waals surface area contributed by atoms with Gasteiger partial charge >= 0.3 is 0 Å². The SMILES string of the molecule is Cc1ccc(Cl)cc1N(CC(=O)N(Cc1c(Cl)cccc1Cl)[C@H](C)C(=O)NCC(C)C)S(=O)(=O)c1ccccc1. The number of benzene rings is 3. The Labute approximate surface area is 251 Å². The smallest absolute Gasteiger partial charge is 0.264 e. The number of hydrogen-bond donors (Lipinski definition) is 1. The first-order chi connectivity index (χ1) is 18.8. The predicted molar refractivity (Wildman–Crippen MR) is 161 cm³/mol. The van der Waals surface area contributed by atoms with E-state index in [1.807, 2.05) is 13.8 Å². The molecule has 0 radical (unpaired) electrons. The number of aryl methyl sites for hydroxylation is 1. The second-order valence-electron chi connectivity index (χ2n) is 9.79. The number of carbonyl (C=O) groups is 2. The van der Waals surface area contributed by atoms with Crippen molar-refractivity contribution in [2.75, 3.05) is 17.4 Å². The Morgan fingerprint density at radius 2 is 1.52 bits per heavy atom. The summed E-state index contributed by atoms with van der Waals surface area (Å²) in [5, 5.41) is 3.79. The van der Waals surface area contributed by atoms with Crippen molar-refractivity contribution in [1.82, 2.24) is 10.2 Å². The molecule has 1 N–H and O–H groups in total. The lowest BCUT2D eigenvalue weighted by Crippen LogP contribution is -2.51. The average Bonchev–Trinajstić information content (AvgIpc) is 2.91. The summed E-state index contributed by atoms with van der Waals surface area (Å²) in [6, 6.07) is 16.6. The number of carbonyl (C=O) groups excluding carboxylic acids is 2. The van der Waals surface area contributed by atoms with Gasteiger partial charge in [-0.3, -0.25) is 13.9 Å². The van der Waals surface area contributed by atoms with Gasteiger partial charge in [0.2, 0.25) is 11.8 Å². The highest BCUT2D eigenvalue weighted by atomic mass is 35.5. The average molecular weight is 625 g/mol. The summed E-state index contributed by atoms with van der Waals surface area (Å²) in [6.45, 7) is 6.93. The first-order valence-corrected chi connectivity index (χ1v) is 15.2. The summed E-state index contributed by atoms with van der Waals surface area (Å²) in [6.07, 6.45) is 0. The second-order valence-corrected chi connectivity index (χ2v) is 12.9. The van der Waals surface area contributed by atoms with E-state index in [9.17, 15) is 18.0 Å². The van der Waals surface area contributed by atoms with Crippen LogP contribution in [0.2, 0.25) is 15.1 Å². The zero-order valence-electron chi connectivity index (χ0n) is 22.7. The number of anilines is 1. The maximum absolute atomic E-state index is 14.0. The van der Waals surface area contributed by atoms with Crippen LogP contribution in [0.3, 0.4) is 0 Å². The van der Waals surface area contributed by atoms with Gasteiger partial charge in [-0.05, 0) is 61.7 Å². The molecule has 0 aliphatic carbocycles. The van der Waals surface area contributed by atoms with E-state index in [2.05, 4.69) is 5.32 Å². The lowest BCUT2D eigenvalue weighted by molar-refractivity contribution is -0.139. The van der Waals surface area contributed by atoms with Gasteiger partial charge < -0.3 is 10.2 Å².